The zero-order chi connectivity index (χ0) is 24.5. The molecule has 0 aliphatic carbocycles. The van der Waals surface area contributed by atoms with Crippen LogP contribution in [0.15, 0.2) is 0 Å². The van der Waals surface area contributed by atoms with Crippen molar-refractivity contribution in [1.82, 2.24) is 0 Å². The Labute approximate surface area is 186 Å². The van der Waals surface area contributed by atoms with Gasteiger partial charge in [0, 0.05) is 0 Å². The van der Waals surface area contributed by atoms with E-state index >= 15 is 0 Å². The predicted octanol–water partition coefficient (Wildman–Crippen LogP) is 2.51. The number of esters is 2. The molecule has 30 heavy (non-hydrogen) atoms. The fraction of sp³-hybridized carbons (Fsp3) is 0.800. The van der Waals surface area contributed by atoms with Gasteiger partial charge in [-0.2, -0.15) is 0 Å². The fourth-order valence-corrected chi connectivity index (χ4v) is 2.76. The summed E-state index contributed by atoms with van der Waals surface area (Å²) in [5, 5.41) is 0. The van der Waals surface area contributed by atoms with Crippen molar-refractivity contribution in [3.8, 4) is 0 Å². The molecule has 0 aliphatic heterocycles. The molecule has 2 N–H and O–H groups in total. The summed E-state index contributed by atoms with van der Waals surface area (Å²) in [7, 11) is 0. The molecular weight excluding hydrogens is 432 g/mol. The molecule has 0 atom stereocenters. The molecule has 0 radical (unpaired) electrons. The minimum absolute atomic E-state index is 0.0710. The summed E-state index contributed by atoms with van der Waals surface area (Å²) in [6, 6.07) is 0. The number of hydrogen-bond donors (Lipinski definition) is 2. The molecule has 0 heterocycles. The van der Waals surface area contributed by atoms with Gasteiger partial charge in [-0.3, -0.25) is 19.2 Å². The first-order valence-electron chi connectivity index (χ1n) is 9.91. The van der Waals surface area contributed by atoms with Crippen LogP contribution in [0.5, 0.6) is 0 Å². The SMILES string of the molecule is CCOC(=O)C(CC(C)C)(CC(C)C)C(C)=O.CCOC(=O)CC(C)=O.[O]=[Ti]([OH])[OH]. The van der Waals surface area contributed by atoms with Gasteiger partial charge in [0.1, 0.15) is 23.4 Å². The molecule has 0 saturated heterocycles. The molecule has 176 valence electrons. The summed E-state index contributed by atoms with van der Waals surface area (Å²) in [5.74, 6) is -0.434. The number of rotatable bonds is 10. The maximum absolute atomic E-state index is 12.1. The Morgan fingerprint density at radius 1 is 0.867 bits per heavy atom. The van der Waals surface area contributed by atoms with Crippen LogP contribution in [0, 0.1) is 17.3 Å². The van der Waals surface area contributed by atoms with Gasteiger partial charge in [-0.1, -0.05) is 27.7 Å². The van der Waals surface area contributed by atoms with Crippen LogP contribution in [0.4, 0.5) is 0 Å². The van der Waals surface area contributed by atoms with E-state index in [9.17, 15) is 19.2 Å². The van der Waals surface area contributed by atoms with Gasteiger partial charge < -0.3 is 9.47 Å². The van der Waals surface area contributed by atoms with E-state index in [4.69, 9.17) is 15.4 Å². The predicted molar refractivity (Wildman–Crippen MR) is 106 cm³/mol. The van der Waals surface area contributed by atoms with Crippen molar-refractivity contribution >= 4 is 23.5 Å². The Morgan fingerprint density at radius 3 is 1.47 bits per heavy atom. The normalized spacial score (nSPS) is 10.3. The van der Waals surface area contributed by atoms with Gasteiger partial charge >= 0.3 is 41.3 Å². The van der Waals surface area contributed by atoms with E-state index in [1.807, 2.05) is 27.7 Å². The van der Waals surface area contributed by atoms with Crippen molar-refractivity contribution < 1.29 is 58.0 Å². The second-order valence-corrected chi connectivity index (χ2v) is 8.40. The summed E-state index contributed by atoms with van der Waals surface area (Å²) >= 11 is -3.58. The Morgan fingerprint density at radius 2 is 1.23 bits per heavy atom. The van der Waals surface area contributed by atoms with Gasteiger partial charge in [0.2, 0.25) is 0 Å². The average Bonchev–Trinajstić information content (AvgIpc) is 2.52. The zero-order valence-electron chi connectivity index (χ0n) is 19.4. The summed E-state index contributed by atoms with van der Waals surface area (Å²) in [5.41, 5.74) is -0.946. The molecule has 0 bridgehead atoms. The van der Waals surface area contributed by atoms with Crippen molar-refractivity contribution in [2.45, 2.75) is 74.7 Å². The van der Waals surface area contributed by atoms with Crippen molar-refractivity contribution in [2.24, 2.45) is 17.3 Å². The first-order chi connectivity index (χ1) is 13.7. The second kappa shape index (κ2) is 18.5. The monoisotopic (exact) mass is 470 g/mol. The average molecular weight is 470 g/mol. The molecule has 0 aromatic rings. The number of Topliss-reactive ketones (excluding diaryl/α,β-unsaturated/α-hetero) is 2. The van der Waals surface area contributed by atoms with E-state index in [0.717, 1.165) is 0 Å². The number of carbonyl (C=O) groups excluding carboxylic acids is 4. The summed E-state index contributed by atoms with van der Waals surface area (Å²) in [6.45, 7) is 15.1. The van der Waals surface area contributed by atoms with Crippen LogP contribution < -0.4 is 0 Å². The summed E-state index contributed by atoms with van der Waals surface area (Å²) in [6.07, 6.45) is 1.03. The Hall–Kier alpha value is -1.29. The van der Waals surface area contributed by atoms with Crippen molar-refractivity contribution in [3.05, 3.63) is 0 Å². The van der Waals surface area contributed by atoms with Gasteiger partial charge in [-0.25, -0.2) is 0 Å². The van der Waals surface area contributed by atoms with Gasteiger partial charge in [0.15, 0.2) is 0 Å². The zero-order valence-corrected chi connectivity index (χ0v) is 21.0. The third kappa shape index (κ3) is 18.7. The molecule has 10 heteroatoms. The van der Waals surface area contributed by atoms with Gasteiger partial charge in [0.05, 0.1) is 13.2 Å². The van der Waals surface area contributed by atoms with Crippen LogP contribution in [-0.2, 0) is 50.6 Å². The molecule has 9 nitrogen and oxygen atoms in total. The van der Waals surface area contributed by atoms with Crippen LogP contribution in [0.25, 0.3) is 0 Å². The van der Waals surface area contributed by atoms with Crippen molar-refractivity contribution in [3.63, 3.8) is 0 Å². The van der Waals surface area contributed by atoms with Crippen LogP contribution in [0.2, 0.25) is 0 Å². The molecule has 0 aromatic carbocycles. The molecule has 0 fully saturated rings. The van der Waals surface area contributed by atoms with E-state index in [0.29, 0.717) is 37.9 Å². The van der Waals surface area contributed by atoms with Crippen LogP contribution in [0.1, 0.15) is 74.7 Å². The second-order valence-electron chi connectivity index (χ2n) is 7.52. The minimum atomic E-state index is -3.58. The molecular formula is C20H38O9Ti. The number of ketones is 2. The maximum atomic E-state index is 12.1. The van der Waals surface area contributed by atoms with E-state index in [2.05, 4.69) is 4.74 Å². The number of ether oxygens (including phenoxy) is 2. The van der Waals surface area contributed by atoms with Gasteiger partial charge in [-0.15, -0.1) is 0 Å². The molecule has 0 aliphatic rings. The van der Waals surface area contributed by atoms with E-state index in [1.54, 1.807) is 13.8 Å². The van der Waals surface area contributed by atoms with Gasteiger partial charge in [0.25, 0.3) is 0 Å². The van der Waals surface area contributed by atoms with E-state index in [-0.39, 0.29) is 24.0 Å². The first kappa shape index (κ1) is 33.4. The molecule has 0 unspecified atom stereocenters. The summed E-state index contributed by atoms with van der Waals surface area (Å²) < 4.78 is 32.9. The standard InChI is InChI=1S/C14H26O3.C6H10O3.2H2O.O.Ti/c1-7-17-13(16)14(12(6)15,8-10(2)3)9-11(4)5;1-3-9-6(8)4-5(2)7;;;;/h10-11H,7-9H2,1-6H3;3-4H2,1-2H3;2*1H2;;/q;;;;;+2/p-2. The van der Waals surface area contributed by atoms with E-state index < -0.39 is 30.0 Å². The van der Waals surface area contributed by atoms with Crippen LogP contribution in [-0.4, -0.2) is 44.1 Å². The first-order valence-corrected chi connectivity index (χ1v) is 11.9. The number of carbonyl (C=O) groups is 4. The molecule has 0 amide bonds. The van der Waals surface area contributed by atoms with Gasteiger partial charge in [-0.05, 0) is 52.4 Å². The fourth-order valence-electron chi connectivity index (χ4n) is 2.76. The third-order valence-corrected chi connectivity index (χ3v) is 3.55. The van der Waals surface area contributed by atoms with E-state index in [1.165, 1.54) is 13.8 Å². The molecule has 0 spiro atoms. The third-order valence-electron chi connectivity index (χ3n) is 3.55. The molecule has 0 aromatic heterocycles. The Bertz CT molecular complexity index is 542. The topological polar surface area (TPSA) is 144 Å². The summed E-state index contributed by atoms with van der Waals surface area (Å²) in [4.78, 5) is 44.7. The Kier molecular flexibility index (Phi) is 20.5. The van der Waals surface area contributed by atoms with Crippen LogP contribution >= 0.6 is 0 Å². The molecule has 0 rings (SSSR count). The number of hydrogen-bond acceptors (Lipinski definition) is 7. The van der Waals surface area contributed by atoms with Crippen molar-refractivity contribution in [1.29, 1.82) is 0 Å². The Balaban J connectivity index is -0.000000466. The quantitative estimate of drug-likeness (QED) is 0.279. The van der Waals surface area contributed by atoms with Crippen LogP contribution in [0.3, 0.4) is 0 Å². The molecule has 0 saturated carbocycles. The van der Waals surface area contributed by atoms with Crippen molar-refractivity contribution in [2.75, 3.05) is 13.2 Å².